The van der Waals surface area contributed by atoms with Gasteiger partial charge in [-0.2, -0.15) is 0 Å². The van der Waals surface area contributed by atoms with Gasteiger partial charge in [0.2, 0.25) is 0 Å². The molecule has 3 aromatic carbocycles. The molecular formula is C27H28N2SSi. The lowest BCUT2D eigenvalue weighted by atomic mass is 10.0. The molecule has 0 N–H and O–H groups in total. The molecule has 2 nitrogen and oxygen atoms in total. The molecule has 5 aromatic rings. The summed E-state index contributed by atoms with van der Waals surface area (Å²) in [5, 5.41) is 5.43. The Labute approximate surface area is 189 Å². The van der Waals surface area contributed by atoms with E-state index in [0.717, 1.165) is 17.6 Å². The Balaban J connectivity index is 1.81. The van der Waals surface area contributed by atoms with E-state index in [4.69, 9.17) is 9.97 Å². The molecule has 2 heterocycles. The van der Waals surface area contributed by atoms with Crippen molar-refractivity contribution in [3.63, 3.8) is 0 Å². The summed E-state index contributed by atoms with van der Waals surface area (Å²) < 4.78 is 2.56. The van der Waals surface area contributed by atoms with Crippen molar-refractivity contribution < 1.29 is 0 Å². The molecule has 31 heavy (non-hydrogen) atoms. The fourth-order valence-electron chi connectivity index (χ4n) is 4.53. The second kappa shape index (κ2) is 7.54. The zero-order chi connectivity index (χ0) is 21.8. The molecule has 5 rings (SSSR count). The van der Waals surface area contributed by atoms with Gasteiger partial charge in [0.15, 0.2) is 0 Å². The van der Waals surface area contributed by atoms with Gasteiger partial charge in [0.25, 0.3) is 0 Å². The Morgan fingerprint density at radius 3 is 2.42 bits per heavy atom. The highest BCUT2D eigenvalue weighted by molar-refractivity contribution is 7.26. The smallest absolute Gasteiger partial charge is 0.116 e. The van der Waals surface area contributed by atoms with Crippen LogP contribution in [0.3, 0.4) is 0 Å². The quantitative estimate of drug-likeness (QED) is 0.272. The predicted molar refractivity (Wildman–Crippen MR) is 139 cm³/mol. The average Bonchev–Trinajstić information content (AvgIpc) is 3.12. The normalized spacial score (nSPS) is 12.5. The molecular weight excluding hydrogens is 412 g/mol. The first-order valence-corrected chi connectivity index (χ1v) is 15.3. The summed E-state index contributed by atoms with van der Waals surface area (Å²) >= 11 is 1.86. The Morgan fingerprint density at radius 2 is 1.65 bits per heavy atom. The molecule has 4 heteroatoms. The number of rotatable bonds is 4. The highest BCUT2D eigenvalue weighted by Crippen LogP contribution is 2.40. The van der Waals surface area contributed by atoms with Gasteiger partial charge in [0.05, 0.1) is 24.0 Å². The van der Waals surface area contributed by atoms with E-state index in [-0.39, 0.29) is 0 Å². The number of hydrogen-bond acceptors (Lipinski definition) is 3. The van der Waals surface area contributed by atoms with Gasteiger partial charge in [-0.3, -0.25) is 0 Å². The van der Waals surface area contributed by atoms with E-state index >= 15 is 0 Å². The lowest BCUT2D eigenvalue weighted by Gasteiger charge is -2.21. The van der Waals surface area contributed by atoms with Crippen LogP contribution in [0, 0.1) is 5.92 Å². The summed E-state index contributed by atoms with van der Waals surface area (Å²) in [7, 11) is -1.53. The summed E-state index contributed by atoms with van der Waals surface area (Å²) in [6.45, 7) is 11.8. The maximum absolute atomic E-state index is 4.81. The van der Waals surface area contributed by atoms with Gasteiger partial charge in [-0.1, -0.05) is 87.2 Å². The number of hydrogen-bond donors (Lipinski definition) is 0. The van der Waals surface area contributed by atoms with E-state index in [1.54, 1.807) is 6.33 Å². The fraction of sp³-hybridized carbons (Fsp3) is 0.259. The molecule has 0 spiro atoms. The molecule has 0 aliphatic heterocycles. The van der Waals surface area contributed by atoms with Crippen LogP contribution in [0.15, 0.2) is 60.9 Å². The van der Waals surface area contributed by atoms with E-state index in [1.807, 2.05) is 11.3 Å². The van der Waals surface area contributed by atoms with Gasteiger partial charge < -0.3 is 0 Å². The summed E-state index contributed by atoms with van der Waals surface area (Å²) in [6.07, 6.45) is 2.82. The van der Waals surface area contributed by atoms with Crippen LogP contribution in [0.5, 0.6) is 0 Å². The Bertz CT molecular complexity index is 1430. The standard InChI is InChI=1S/C27H28N2SSi/c1-17(2)13-19-10-8-12-22-25-27(30-26(19)22)24(28-16-29-25)20-14-18-9-6-7-11-21(18)23(15-20)31(3,4)5/h6-12,14-17H,13H2,1-5H3. The molecule has 2 aromatic heterocycles. The van der Waals surface area contributed by atoms with Crippen molar-refractivity contribution in [1.82, 2.24) is 9.97 Å². The molecule has 156 valence electrons. The lowest BCUT2D eigenvalue weighted by molar-refractivity contribution is 0.650. The largest absolute Gasteiger partial charge is 0.235 e. The molecule has 0 radical (unpaired) electrons. The van der Waals surface area contributed by atoms with Crippen LogP contribution in [0.2, 0.25) is 19.6 Å². The minimum absolute atomic E-state index is 0.626. The summed E-state index contributed by atoms with van der Waals surface area (Å²) in [5.41, 5.74) is 4.77. The van der Waals surface area contributed by atoms with E-state index in [1.165, 1.54) is 41.9 Å². The molecule has 0 amide bonds. The molecule has 0 atom stereocenters. The van der Waals surface area contributed by atoms with Gasteiger partial charge in [0.1, 0.15) is 6.33 Å². The molecule has 0 aliphatic carbocycles. The zero-order valence-electron chi connectivity index (χ0n) is 18.9. The summed E-state index contributed by atoms with van der Waals surface area (Å²) in [5.74, 6) is 0.626. The van der Waals surface area contributed by atoms with Crippen LogP contribution in [0.25, 0.3) is 42.3 Å². The maximum atomic E-state index is 4.81. The predicted octanol–water partition coefficient (Wildman–Crippen LogP) is 7.41. The van der Waals surface area contributed by atoms with Crippen molar-refractivity contribution in [3.05, 3.63) is 66.5 Å². The topological polar surface area (TPSA) is 25.8 Å². The van der Waals surface area contributed by atoms with Crippen LogP contribution < -0.4 is 5.19 Å². The molecule has 0 unspecified atom stereocenters. The highest BCUT2D eigenvalue weighted by Gasteiger charge is 2.22. The van der Waals surface area contributed by atoms with E-state index < -0.39 is 8.07 Å². The average molecular weight is 441 g/mol. The molecule has 0 fully saturated rings. The van der Waals surface area contributed by atoms with E-state index in [2.05, 4.69) is 88.1 Å². The van der Waals surface area contributed by atoms with Crippen LogP contribution in [0.4, 0.5) is 0 Å². The highest BCUT2D eigenvalue weighted by atomic mass is 32.1. The second-order valence-corrected chi connectivity index (χ2v) is 15.9. The van der Waals surface area contributed by atoms with Gasteiger partial charge in [-0.25, -0.2) is 9.97 Å². The third-order valence-electron chi connectivity index (χ3n) is 5.93. The van der Waals surface area contributed by atoms with Gasteiger partial charge >= 0.3 is 0 Å². The van der Waals surface area contributed by atoms with Crippen LogP contribution >= 0.6 is 11.3 Å². The molecule has 0 aliphatic rings. The van der Waals surface area contributed by atoms with Crippen molar-refractivity contribution >= 4 is 55.7 Å². The zero-order valence-corrected chi connectivity index (χ0v) is 20.7. The van der Waals surface area contributed by atoms with E-state index in [0.29, 0.717) is 5.92 Å². The number of fused-ring (bicyclic) bond motifs is 4. The first kappa shape index (κ1) is 20.3. The van der Waals surface area contributed by atoms with Gasteiger partial charge in [-0.15, -0.1) is 11.3 Å². The van der Waals surface area contributed by atoms with Crippen LogP contribution in [-0.4, -0.2) is 18.0 Å². The second-order valence-electron chi connectivity index (χ2n) is 9.89. The number of thiophene rings is 1. The van der Waals surface area contributed by atoms with Crippen molar-refractivity contribution in [2.24, 2.45) is 5.92 Å². The lowest BCUT2D eigenvalue weighted by Crippen LogP contribution is -2.38. The monoisotopic (exact) mass is 440 g/mol. The minimum atomic E-state index is -1.53. The SMILES string of the molecule is CC(C)Cc1cccc2c1sc1c(-c3cc([Si](C)(C)C)c4ccccc4c3)ncnc12. The minimum Gasteiger partial charge on any atom is -0.235 e. The van der Waals surface area contributed by atoms with Gasteiger partial charge in [0, 0.05) is 15.6 Å². The Kier molecular flexibility index (Phi) is 4.95. The van der Waals surface area contributed by atoms with E-state index in [9.17, 15) is 0 Å². The third-order valence-corrected chi connectivity index (χ3v) is 9.24. The molecule has 0 bridgehead atoms. The molecule has 0 saturated carbocycles. The summed E-state index contributed by atoms with van der Waals surface area (Å²) in [4.78, 5) is 9.52. The first-order chi connectivity index (χ1) is 14.8. The first-order valence-electron chi connectivity index (χ1n) is 11.0. The fourth-order valence-corrected chi connectivity index (χ4v) is 7.44. The Hall–Kier alpha value is -2.56. The number of nitrogens with zero attached hydrogens (tertiary/aromatic N) is 2. The van der Waals surface area contributed by atoms with Gasteiger partial charge in [-0.05, 0) is 34.7 Å². The van der Waals surface area contributed by atoms with Crippen LogP contribution in [0.1, 0.15) is 19.4 Å². The van der Waals surface area contributed by atoms with Crippen molar-refractivity contribution in [2.75, 3.05) is 0 Å². The maximum Gasteiger partial charge on any atom is 0.116 e. The van der Waals surface area contributed by atoms with Crippen molar-refractivity contribution in [2.45, 2.75) is 39.9 Å². The van der Waals surface area contributed by atoms with Crippen LogP contribution in [-0.2, 0) is 6.42 Å². The summed E-state index contributed by atoms with van der Waals surface area (Å²) in [6, 6.07) is 20.1. The Morgan fingerprint density at radius 1 is 0.871 bits per heavy atom. The number of aromatic nitrogens is 2. The third kappa shape index (κ3) is 3.58. The number of benzene rings is 3. The van der Waals surface area contributed by atoms with Crippen molar-refractivity contribution in [1.29, 1.82) is 0 Å². The molecule has 0 saturated heterocycles. The van der Waals surface area contributed by atoms with Crippen molar-refractivity contribution in [3.8, 4) is 11.3 Å².